The minimum Gasteiger partial charge on any atom is -0.454 e. The van der Waals surface area contributed by atoms with Gasteiger partial charge in [-0.15, -0.1) is 0 Å². The van der Waals surface area contributed by atoms with Gasteiger partial charge < -0.3 is 34.5 Å². The number of esters is 1. The van der Waals surface area contributed by atoms with E-state index < -0.39 is 34.3 Å². The van der Waals surface area contributed by atoms with Crippen molar-refractivity contribution in [1.82, 2.24) is 9.88 Å². The highest BCUT2D eigenvalue weighted by Crippen LogP contribution is 2.79. The van der Waals surface area contributed by atoms with Crippen LogP contribution in [0.25, 0.3) is 6.08 Å². The van der Waals surface area contributed by atoms with E-state index in [9.17, 15) is 19.8 Å². The molecule has 6 fully saturated rings. The molecule has 1 amide bonds. The Kier molecular flexibility index (Phi) is 8.33. The molecule has 1 aliphatic heterocycles. The lowest BCUT2D eigenvalue weighted by Gasteiger charge is -2.70. The number of amides is 1. The number of rotatable bonds is 9. The highest BCUT2D eigenvalue weighted by molar-refractivity contribution is 6.06. The molecule has 1 spiro atoms. The van der Waals surface area contributed by atoms with Crippen LogP contribution in [0, 0.1) is 42.9 Å². The Bertz CT molecular complexity index is 1750. The van der Waals surface area contributed by atoms with Crippen molar-refractivity contribution in [2.24, 2.45) is 29.1 Å². The van der Waals surface area contributed by atoms with Crippen LogP contribution in [0.3, 0.4) is 0 Å². The van der Waals surface area contributed by atoms with E-state index in [4.69, 9.17) is 18.9 Å². The van der Waals surface area contributed by atoms with Crippen LogP contribution in [0.15, 0.2) is 42.5 Å². The van der Waals surface area contributed by atoms with Crippen molar-refractivity contribution in [3.05, 3.63) is 65.0 Å². The zero-order valence-electron chi connectivity index (χ0n) is 30.4. The Morgan fingerprint density at radius 3 is 2.47 bits per heavy atom. The molecule has 5 aliphatic carbocycles. The molecule has 274 valence electrons. The Hall–Kier alpha value is -3.19. The van der Waals surface area contributed by atoms with Gasteiger partial charge in [0.05, 0.1) is 29.6 Å². The number of para-hydroxylation sites is 1. The third-order valence-corrected chi connectivity index (χ3v) is 14.1. The lowest BCUT2D eigenvalue weighted by molar-refractivity contribution is -0.337. The smallest absolute Gasteiger partial charge is 0.340 e. The van der Waals surface area contributed by atoms with Crippen LogP contribution < -0.4 is 5.32 Å². The van der Waals surface area contributed by atoms with Gasteiger partial charge in [0, 0.05) is 86.9 Å². The molecule has 51 heavy (non-hydrogen) atoms. The number of nitrogens with one attached hydrogen (secondary N) is 1. The number of ether oxygens (including phenoxy) is 4. The van der Waals surface area contributed by atoms with Crippen molar-refractivity contribution in [3.63, 3.8) is 0 Å². The largest absolute Gasteiger partial charge is 0.454 e. The average Bonchev–Trinajstić information content (AvgIpc) is 3.53. The maximum atomic E-state index is 14.5. The fourth-order valence-corrected chi connectivity index (χ4v) is 12.7. The molecule has 8 rings (SSSR count). The van der Waals surface area contributed by atoms with Gasteiger partial charge in [-0.25, -0.2) is 4.79 Å². The number of carbonyl (C=O) groups is 2. The van der Waals surface area contributed by atoms with Gasteiger partial charge in [-0.05, 0) is 82.0 Å². The van der Waals surface area contributed by atoms with E-state index in [-0.39, 0.29) is 53.4 Å². The Morgan fingerprint density at radius 1 is 1.04 bits per heavy atom. The van der Waals surface area contributed by atoms with E-state index in [1.165, 1.54) is 6.08 Å². The van der Waals surface area contributed by atoms with Crippen LogP contribution in [-0.2, 0) is 23.7 Å². The number of carbonyl (C=O) groups excluding carboxylic acids is 2. The molecule has 12 atom stereocenters. The van der Waals surface area contributed by atoms with Gasteiger partial charge >= 0.3 is 5.97 Å². The molecule has 2 heterocycles. The summed E-state index contributed by atoms with van der Waals surface area (Å²) in [5.41, 5.74) is -1.22. The molecule has 7 bridgehead atoms. The first-order chi connectivity index (χ1) is 24.4. The topological polar surface area (TPSA) is 140 Å². The highest BCUT2D eigenvalue weighted by Gasteiger charge is 2.89. The molecule has 1 aromatic carbocycles. The van der Waals surface area contributed by atoms with E-state index in [1.54, 1.807) is 51.7 Å². The third-order valence-electron chi connectivity index (χ3n) is 14.1. The van der Waals surface area contributed by atoms with Crippen molar-refractivity contribution >= 4 is 23.6 Å². The minimum atomic E-state index is -1.50. The number of hydrogen-bond donors (Lipinski definition) is 3. The van der Waals surface area contributed by atoms with Crippen molar-refractivity contribution in [2.75, 3.05) is 39.7 Å². The van der Waals surface area contributed by atoms with Crippen LogP contribution in [0.4, 0.5) is 5.69 Å². The number of benzene rings is 1. The van der Waals surface area contributed by atoms with E-state index in [2.05, 4.69) is 22.1 Å². The molecule has 1 aromatic heterocycles. The predicted octanol–water partition coefficient (Wildman–Crippen LogP) is 3.93. The number of hydrogen-bond acceptors (Lipinski definition) is 10. The number of anilines is 1. The summed E-state index contributed by atoms with van der Waals surface area (Å²) in [6.45, 7) is 7.14. The summed E-state index contributed by atoms with van der Waals surface area (Å²) in [4.78, 5) is 34.4. The van der Waals surface area contributed by atoms with Gasteiger partial charge in [-0.2, -0.15) is 0 Å². The van der Waals surface area contributed by atoms with Gasteiger partial charge in [0.1, 0.15) is 16.8 Å². The Morgan fingerprint density at radius 2 is 1.78 bits per heavy atom. The number of nitrogens with zero attached hydrogens (tertiary/aromatic N) is 2. The van der Waals surface area contributed by atoms with Crippen LogP contribution in [0.1, 0.15) is 66.3 Å². The second kappa shape index (κ2) is 12.2. The fraction of sp³-hybridized carbons (Fsp3) is 0.625. The molecule has 11 heteroatoms. The first-order valence-electron chi connectivity index (χ1n) is 18.5. The van der Waals surface area contributed by atoms with Gasteiger partial charge in [0.15, 0.2) is 0 Å². The van der Waals surface area contributed by atoms with Crippen molar-refractivity contribution < 1.29 is 38.7 Å². The minimum absolute atomic E-state index is 0.0713. The van der Waals surface area contributed by atoms with Crippen LogP contribution in [-0.4, -0.2) is 108 Å². The van der Waals surface area contributed by atoms with Crippen LogP contribution in [0.5, 0.6) is 0 Å². The zero-order chi connectivity index (χ0) is 36.1. The molecule has 6 aliphatic rings. The fourth-order valence-electron chi connectivity index (χ4n) is 12.7. The average molecular weight is 702 g/mol. The summed E-state index contributed by atoms with van der Waals surface area (Å²) in [5, 5.41) is 28.8. The van der Waals surface area contributed by atoms with Crippen molar-refractivity contribution in [3.8, 4) is 0 Å². The maximum absolute atomic E-state index is 14.5. The second-order valence-electron chi connectivity index (χ2n) is 16.0. The first kappa shape index (κ1) is 34.9. The normalized spacial score (nSPS) is 41.9. The number of fused-ring (bicyclic) bond motifs is 2. The molecule has 3 N–H and O–H groups in total. The third kappa shape index (κ3) is 4.61. The number of aliphatic hydroxyl groups is 2. The van der Waals surface area contributed by atoms with Crippen molar-refractivity contribution in [1.29, 1.82) is 0 Å². The van der Waals surface area contributed by atoms with E-state index in [0.29, 0.717) is 50.9 Å². The van der Waals surface area contributed by atoms with E-state index in [0.717, 1.165) is 17.0 Å². The summed E-state index contributed by atoms with van der Waals surface area (Å²) < 4.78 is 25.3. The number of aromatic nitrogens is 1. The molecule has 11 nitrogen and oxygen atoms in total. The number of pyridine rings is 1. The van der Waals surface area contributed by atoms with Crippen LogP contribution >= 0.6 is 0 Å². The molecule has 2 aromatic rings. The summed E-state index contributed by atoms with van der Waals surface area (Å²) >= 11 is 0. The summed E-state index contributed by atoms with van der Waals surface area (Å²) in [6, 6.07) is 10.7. The van der Waals surface area contributed by atoms with Crippen LogP contribution in [0.2, 0.25) is 0 Å². The number of likely N-dealkylation sites (tertiary alicyclic amines) is 1. The number of piperidine rings is 1. The Labute approximate surface area is 299 Å². The summed E-state index contributed by atoms with van der Waals surface area (Å²) in [6.07, 6.45) is 4.91. The monoisotopic (exact) mass is 701 g/mol. The zero-order valence-corrected chi connectivity index (χ0v) is 30.4. The molecule has 5 saturated carbocycles. The van der Waals surface area contributed by atoms with Gasteiger partial charge in [0.25, 0.3) is 0 Å². The standard InChI is InChI=1S/C40H51N3O8/c1-7-43-21-37(51-36(45)25-10-8-9-11-28(25)42-33(44)13-12-24-16-22(2)41-23(3)17-24)15-14-32(49-5)39-30(37)19-27(34(39)43)38(46)20-29(48-4)26-18-31(39)40(38,47)35(26)50-6/h8-13,16-17,26-27,29-32,34-35,46-47H,7,14-15,18-21H2,1-6H3,(H,42,44)/b13-12+/t26-,27-,29+,30-,31+,32+,34?,35+,37-,38+,39+,40+/m1/s1. The quantitative estimate of drug-likeness (QED) is 0.261. The summed E-state index contributed by atoms with van der Waals surface area (Å²) in [7, 11) is 5.06. The van der Waals surface area contributed by atoms with E-state index in [1.807, 2.05) is 26.0 Å². The van der Waals surface area contributed by atoms with E-state index >= 15 is 0 Å². The number of likely N-dealkylation sites (N-methyl/N-ethyl adjacent to an activating group) is 1. The van der Waals surface area contributed by atoms with Gasteiger partial charge in [0.2, 0.25) is 5.91 Å². The molecule has 1 saturated heterocycles. The van der Waals surface area contributed by atoms with Crippen molar-refractivity contribution in [2.45, 2.75) is 94.0 Å². The Balaban J connectivity index is 1.15. The van der Waals surface area contributed by atoms with Gasteiger partial charge in [-0.3, -0.25) is 14.7 Å². The first-order valence-corrected chi connectivity index (χ1v) is 18.5. The second-order valence-corrected chi connectivity index (χ2v) is 16.0. The molecule has 0 radical (unpaired) electrons. The highest BCUT2D eigenvalue weighted by atomic mass is 16.6. The van der Waals surface area contributed by atoms with Gasteiger partial charge in [-0.1, -0.05) is 19.1 Å². The maximum Gasteiger partial charge on any atom is 0.340 e. The number of aryl methyl sites for hydroxylation is 2. The number of methoxy groups -OCH3 is 3. The molecule has 1 unspecified atom stereocenters. The lowest BCUT2D eigenvalue weighted by Crippen LogP contribution is -2.83. The SMILES string of the molecule is CCN1C[C@]2(OC(=O)c3ccccc3NC(=O)/C=C/c3cc(C)nc(C)c3)CC[C@H](OC)[C@]34C1[C@@H](C[C@H]23)[C@@]1(O)C[C@H](OC)[C@H]2C[C@@H]4[C@]1(O)[C@H]2OC. The molecular weight excluding hydrogens is 650 g/mol. The predicted molar refractivity (Wildman–Crippen MR) is 189 cm³/mol. The lowest BCUT2D eigenvalue weighted by atomic mass is 9.44. The summed E-state index contributed by atoms with van der Waals surface area (Å²) in [5.74, 6) is -1.79. The molecular formula is C40H51N3O8.